The molecule has 1 aliphatic carbocycles. The Morgan fingerprint density at radius 2 is 1.82 bits per heavy atom. The van der Waals surface area contributed by atoms with Crippen LogP contribution in [-0.4, -0.2) is 36.6 Å². The Balaban J connectivity index is 1.54. The first-order valence-corrected chi connectivity index (χ1v) is 11.4. The van der Waals surface area contributed by atoms with Crippen LogP contribution >= 0.6 is 11.3 Å². The van der Waals surface area contributed by atoms with Gasteiger partial charge in [0.1, 0.15) is 9.71 Å². The minimum atomic E-state index is -4.56. The number of halogens is 3. The van der Waals surface area contributed by atoms with Gasteiger partial charge in [-0.25, -0.2) is 4.98 Å². The summed E-state index contributed by atoms with van der Waals surface area (Å²) < 4.78 is 52.8. The normalized spacial score (nSPS) is 15.5. The number of carbonyl (C=O) groups excluding carboxylic acids is 1. The number of amides is 1. The average molecular weight is 478 g/mol. The van der Waals surface area contributed by atoms with Crippen LogP contribution in [0.4, 0.5) is 18.9 Å². The van der Waals surface area contributed by atoms with Gasteiger partial charge in [-0.05, 0) is 54.5 Å². The molecular formula is C23H22F3N3O3S. The minimum Gasteiger partial charge on any atom is -0.493 e. The summed E-state index contributed by atoms with van der Waals surface area (Å²) in [5, 5.41) is -0.139. The number of rotatable bonds is 3. The molecule has 3 heterocycles. The number of anilines is 1. The van der Waals surface area contributed by atoms with Crippen LogP contribution in [0.5, 0.6) is 11.5 Å². The van der Waals surface area contributed by atoms with Gasteiger partial charge in [0.25, 0.3) is 5.91 Å². The fraction of sp³-hybridized carbons (Fsp3) is 0.391. The monoisotopic (exact) mass is 477 g/mol. The minimum absolute atomic E-state index is 0.107. The van der Waals surface area contributed by atoms with E-state index in [1.807, 2.05) is 12.1 Å². The fourth-order valence-corrected chi connectivity index (χ4v) is 5.91. The van der Waals surface area contributed by atoms with E-state index in [0.717, 1.165) is 22.5 Å². The number of benzene rings is 1. The summed E-state index contributed by atoms with van der Waals surface area (Å²) in [7, 11) is 3.10. The van der Waals surface area contributed by atoms with E-state index in [1.54, 1.807) is 12.0 Å². The molecule has 0 saturated carbocycles. The molecule has 1 aliphatic heterocycles. The average Bonchev–Trinajstić information content (AvgIpc) is 3.38. The zero-order valence-corrected chi connectivity index (χ0v) is 19.0. The lowest BCUT2D eigenvalue weighted by atomic mass is 9.98. The highest BCUT2D eigenvalue weighted by atomic mass is 32.1. The van der Waals surface area contributed by atoms with Crippen molar-refractivity contribution >= 4 is 33.1 Å². The predicted octanol–water partition coefficient (Wildman–Crippen LogP) is 4.60. The Hall–Kier alpha value is -3.01. The number of aryl methyl sites for hydroxylation is 1. The molecule has 174 valence electrons. The second-order valence-electron chi connectivity index (χ2n) is 8.24. The lowest BCUT2D eigenvalue weighted by Gasteiger charge is -2.29. The van der Waals surface area contributed by atoms with Crippen molar-refractivity contribution in [2.45, 2.75) is 38.4 Å². The van der Waals surface area contributed by atoms with Crippen molar-refractivity contribution in [2.75, 3.05) is 26.5 Å². The van der Waals surface area contributed by atoms with Crippen molar-refractivity contribution in [1.82, 2.24) is 9.88 Å². The third-order valence-corrected chi connectivity index (χ3v) is 7.47. The summed E-state index contributed by atoms with van der Waals surface area (Å²) in [6.07, 6.45) is -2.52. The van der Waals surface area contributed by atoms with Gasteiger partial charge in [-0.15, -0.1) is 11.3 Å². The molecule has 1 aromatic carbocycles. The zero-order chi connectivity index (χ0) is 23.5. The van der Waals surface area contributed by atoms with Crippen LogP contribution < -0.4 is 15.2 Å². The van der Waals surface area contributed by atoms with E-state index >= 15 is 0 Å². The van der Waals surface area contributed by atoms with Gasteiger partial charge in [-0.3, -0.25) is 4.79 Å². The van der Waals surface area contributed by atoms with Crippen molar-refractivity contribution in [3.05, 3.63) is 45.0 Å². The molecule has 33 heavy (non-hydrogen) atoms. The molecule has 0 spiro atoms. The second kappa shape index (κ2) is 7.79. The van der Waals surface area contributed by atoms with Gasteiger partial charge < -0.3 is 20.1 Å². The third-order valence-electron chi connectivity index (χ3n) is 6.39. The van der Waals surface area contributed by atoms with Gasteiger partial charge in [0.15, 0.2) is 11.5 Å². The number of thiophene rings is 1. The summed E-state index contributed by atoms with van der Waals surface area (Å²) >= 11 is 0.945. The zero-order valence-electron chi connectivity index (χ0n) is 18.1. The number of nitrogens with two attached hydrogens (primary N) is 1. The molecule has 2 aliphatic rings. The predicted molar refractivity (Wildman–Crippen MR) is 119 cm³/mol. The maximum Gasteiger partial charge on any atom is 0.417 e. The van der Waals surface area contributed by atoms with Gasteiger partial charge in [0, 0.05) is 24.2 Å². The van der Waals surface area contributed by atoms with Crippen LogP contribution in [0.2, 0.25) is 0 Å². The molecule has 0 bridgehead atoms. The SMILES string of the molecule is COc1cc2c(cc1OC)CN(C(=O)c1sc3nc4c(c(C(F)(F)F)c3c1N)CCC4)CC2. The lowest BCUT2D eigenvalue weighted by molar-refractivity contribution is -0.136. The van der Waals surface area contributed by atoms with E-state index < -0.39 is 11.7 Å². The molecule has 6 nitrogen and oxygen atoms in total. The first kappa shape index (κ1) is 21.8. The molecule has 0 radical (unpaired) electrons. The number of alkyl halides is 3. The standard InChI is InChI=1S/C23H22F3N3O3S/c1-31-15-8-11-6-7-29(10-12(11)9-16(15)32-2)22(30)20-19(27)17-18(23(24,25)26)13-4-3-5-14(13)28-21(17)33-20/h8-9H,3-7,10,27H2,1-2H3. The van der Waals surface area contributed by atoms with Crippen LogP contribution in [-0.2, 0) is 32.0 Å². The number of hydrogen-bond donors (Lipinski definition) is 1. The van der Waals surface area contributed by atoms with Gasteiger partial charge in [-0.1, -0.05) is 0 Å². The Morgan fingerprint density at radius 1 is 1.12 bits per heavy atom. The van der Waals surface area contributed by atoms with E-state index in [0.29, 0.717) is 56.0 Å². The number of pyridine rings is 1. The van der Waals surface area contributed by atoms with E-state index in [1.165, 1.54) is 7.11 Å². The molecule has 10 heteroatoms. The Morgan fingerprint density at radius 3 is 2.48 bits per heavy atom. The number of nitrogen functional groups attached to an aromatic ring is 1. The van der Waals surface area contributed by atoms with Crippen LogP contribution in [0.3, 0.4) is 0 Å². The molecule has 1 amide bonds. The molecular weight excluding hydrogens is 455 g/mol. The molecule has 0 unspecified atom stereocenters. The first-order valence-electron chi connectivity index (χ1n) is 10.6. The van der Waals surface area contributed by atoms with Crippen molar-refractivity contribution < 1.29 is 27.4 Å². The van der Waals surface area contributed by atoms with Crippen molar-refractivity contribution in [3.63, 3.8) is 0 Å². The Labute approximate surface area is 192 Å². The number of aromatic nitrogens is 1. The third kappa shape index (κ3) is 3.47. The van der Waals surface area contributed by atoms with Crippen LogP contribution in [0.25, 0.3) is 10.2 Å². The summed E-state index contributed by atoms with van der Waals surface area (Å²) in [5.74, 6) is 0.785. The van der Waals surface area contributed by atoms with Crippen molar-refractivity contribution in [2.24, 2.45) is 0 Å². The largest absolute Gasteiger partial charge is 0.493 e. The summed E-state index contributed by atoms with van der Waals surface area (Å²) in [5.41, 5.74) is 7.96. The second-order valence-corrected chi connectivity index (χ2v) is 9.24. The molecule has 2 aromatic heterocycles. The number of hydrogen-bond acceptors (Lipinski definition) is 6. The molecule has 0 atom stereocenters. The van der Waals surface area contributed by atoms with Gasteiger partial charge in [0.05, 0.1) is 25.5 Å². The van der Waals surface area contributed by atoms with Gasteiger partial charge >= 0.3 is 6.18 Å². The topological polar surface area (TPSA) is 77.7 Å². The quantitative estimate of drug-likeness (QED) is 0.597. The fourth-order valence-electron chi connectivity index (χ4n) is 4.82. The van der Waals surface area contributed by atoms with Crippen LogP contribution in [0.15, 0.2) is 12.1 Å². The number of methoxy groups -OCH3 is 2. The molecule has 0 fully saturated rings. The van der Waals surface area contributed by atoms with Crippen molar-refractivity contribution in [3.8, 4) is 11.5 Å². The van der Waals surface area contributed by atoms with Crippen LogP contribution in [0.1, 0.15) is 44.0 Å². The molecule has 3 aromatic rings. The smallest absolute Gasteiger partial charge is 0.417 e. The summed E-state index contributed by atoms with van der Waals surface area (Å²) in [6.45, 7) is 0.726. The van der Waals surface area contributed by atoms with Gasteiger partial charge in [-0.2, -0.15) is 13.2 Å². The molecule has 0 saturated heterocycles. The number of nitrogens with zero attached hydrogens (tertiary/aromatic N) is 2. The highest BCUT2D eigenvalue weighted by Crippen LogP contribution is 2.46. The molecule has 5 rings (SSSR count). The van der Waals surface area contributed by atoms with E-state index in [9.17, 15) is 18.0 Å². The van der Waals surface area contributed by atoms with Gasteiger partial charge in [0.2, 0.25) is 0 Å². The van der Waals surface area contributed by atoms with E-state index in [-0.39, 0.29) is 32.3 Å². The maximum absolute atomic E-state index is 14.0. The van der Waals surface area contributed by atoms with E-state index in [2.05, 4.69) is 4.98 Å². The molecule has 2 N–H and O–H groups in total. The van der Waals surface area contributed by atoms with Crippen molar-refractivity contribution in [1.29, 1.82) is 0 Å². The first-order chi connectivity index (χ1) is 15.7. The highest BCUT2D eigenvalue weighted by molar-refractivity contribution is 7.21. The number of carbonyl (C=O) groups is 1. The highest BCUT2D eigenvalue weighted by Gasteiger charge is 2.40. The summed E-state index contributed by atoms with van der Waals surface area (Å²) in [4.78, 5) is 19.7. The number of ether oxygens (including phenoxy) is 2. The Bertz CT molecular complexity index is 1290. The van der Waals surface area contributed by atoms with E-state index in [4.69, 9.17) is 15.2 Å². The van der Waals surface area contributed by atoms with Crippen LogP contribution in [0, 0.1) is 0 Å². The maximum atomic E-state index is 14.0. The lowest BCUT2D eigenvalue weighted by Crippen LogP contribution is -2.35. The summed E-state index contributed by atoms with van der Waals surface area (Å²) in [6, 6.07) is 3.72. The Kier molecular flexibility index (Phi) is 5.15. The number of fused-ring (bicyclic) bond motifs is 3.